The fourth-order valence-corrected chi connectivity index (χ4v) is 3.55. The normalized spacial score (nSPS) is 11.0. The number of nitrogens with one attached hydrogen (secondary N) is 1. The van der Waals surface area contributed by atoms with Gasteiger partial charge < -0.3 is 10.1 Å². The van der Waals surface area contributed by atoms with Gasteiger partial charge in [-0.3, -0.25) is 4.79 Å². The van der Waals surface area contributed by atoms with Gasteiger partial charge in [0.05, 0.1) is 18.4 Å². The first kappa shape index (κ1) is 18.8. The van der Waals surface area contributed by atoms with Crippen molar-refractivity contribution in [3.63, 3.8) is 0 Å². The van der Waals surface area contributed by atoms with Crippen LogP contribution in [0.5, 0.6) is 5.75 Å². The summed E-state index contributed by atoms with van der Waals surface area (Å²) in [5.74, 6) is 0.287. The first-order chi connectivity index (χ1) is 15.1. The molecule has 0 aliphatic rings. The smallest absolute Gasteiger partial charge is 0.259 e. The maximum atomic E-state index is 13.0. The van der Waals surface area contributed by atoms with Crippen LogP contribution in [0.15, 0.2) is 78.9 Å². The van der Waals surface area contributed by atoms with Crippen LogP contribution < -0.4 is 10.1 Å². The van der Waals surface area contributed by atoms with Gasteiger partial charge in [-0.2, -0.15) is 4.80 Å². The number of fused-ring (bicyclic) bond motifs is 2. The standard InChI is InChI=1S/C25H20N4O2/c1-16-7-10-20(11-8-16)29-27-22-12-9-19(15-23(22)28-29)26-25(30)21-13-17-5-3-4-6-18(17)14-24(21)31-2/h3-15H,1-2H3,(H,26,30). The second-order valence-corrected chi connectivity index (χ2v) is 7.38. The lowest BCUT2D eigenvalue weighted by Crippen LogP contribution is -2.13. The highest BCUT2D eigenvalue weighted by atomic mass is 16.5. The number of nitrogens with zero attached hydrogens (tertiary/aromatic N) is 3. The second-order valence-electron chi connectivity index (χ2n) is 7.38. The molecule has 0 saturated carbocycles. The molecule has 0 aliphatic heterocycles. The molecule has 0 radical (unpaired) electrons. The molecular weight excluding hydrogens is 388 g/mol. The van der Waals surface area contributed by atoms with E-state index in [0.29, 0.717) is 22.5 Å². The molecule has 152 valence electrons. The van der Waals surface area contributed by atoms with Crippen molar-refractivity contribution in [2.75, 3.05) is 12.4 Å². The van der Waals surface area contributed by atoms with E-state index in [-0.39, 0.29) is 5.91 Å². The number of hydrogen-bond acceptors (Lipinski definition) is 4. The van der Waals surface area contributed by atoms with Crippen LogP contribution in [-0.4, -0.2) is 28.0 Å². The minimum Gasteiger partial charge on any atom is -0.496 e. The van der Waals surface area contributed by atoms with E-state index in [2.05, 4.69) is 15.5 Å². The number of amides is 1. The Bertz CT molecular complexity index is 1420. The fraction of sp³-hybridized carbons (Fsp3) is 0.0800. The molecule has 0 bridgehead atoms. The third-order valence-corrected chi connectivity index (χ3v) is 5.22. The molecule has 4 aromatic carbocycles. The molecule has 0 fully saturated rings. The minimum absolute atomic E-state index is 0.243. The number of benzene rings is 4. The van der Waals surface area contributed by atoms with E-state index in [4.69, 9.17) is 4.74 Å². The number of carbonyl (C=O) groups is 1. The molecule has 0 spiro atoms. The first-order valence-corrected chi connectivity index (χ1v) is 9.93. The predicted molar refractivity (Wildman–Crippen MR) is 122 cm³/mol. The molecule has 31 heavy (non-hydrogen) atoms. The predicted octanol–water partition coefficient (Wildman–Crippen LogP) is 5.14. The van der Waals surface area contributed by atoms with Crippen LogP contribution in [0.25, 0.3) is 27.5 Å². The number of rotatable bonds is 4. The number of ether oxygens (including phenoxy) is 1. The van der Waals surface area contributed by atoms with Crippen LogP contribution in [-0.2, 0) is 0 Å². The summed E-state index contributed by atoms with van der Waals surface area (Å²) in [4.78, 5) is 14.6. The Balaban J connectivity index is 1.45. The Labute approximate surface area is 179 Å². The van der Waals surface area contributed by atoms with Gasteiger partial charge >= 0.3 is 0 Å². The SMILES string of the molecule is COc1cc2ccccc2cc1C(=O)Nc1ccc2nn(-c3ccc(C)cc3)nc2c1. The van der Waals surface area contributed by atoms with Gasteiger partial charge in [-0.25, -0.2) is 0 Å². The summed E-state index contributed by atoms with van der Waals surface area (Å²) in [5.41, 5.74) is 4.63. The Morgan fingerprint density at radius 2 is 1.58 bits per heavy atom. The molecule has 1 aromatic heterocycles. The molecule has 0 unspecified atom stereocenters. The van der Waals surface area contributed by atoms with E-state index in [1.807, 2.05) is 85.8 Å². The summed E-state index contributed by atoms with van der Waals surface area (Å²) in [6.45, 7) is 2.04. The van der Waals surface area contributed by atoms with Gasteiger partial charge in [-0.05, 0) is 60.2 Å². The Kier molecular flexibility index (Phi) is 4.59. The van der Waals surface area contributed by atoms with Gasteiger partial charge in [0.2, 0.25) is 0 Å². The quantitative estimate of drug-likeness (QED) is 0.447. The summed E-state index contributed by atoms with van der Waals surface area (Å²) >= 11 is 0. The molecular formula is C25H20N4O2. The monoisotopic (exact) mass is 408 g/mol. The largest absolute Gasteiger partial charge is 0.496 e. The summed E-state index contributed by atoms with van der Waals surface area (Å²) in [5, 5.41) is 14.0. The van der Waals surface area contributed by atoms with Crippen LogP contribution in [0.4, 0.5) is 5.69 Å². The number of aryl methyl sites for hydroxylation is 1. The molecule has 6 heteroatoms. The van der Waals surface area contributed by atoms with Crippen molar-refractivity contribution in [2.24, 2.45) is 0 Å². The summed E-state index contributed by atoms with van der Waals surface area (Å²) in [7, 11) is 1.57. The Morgan fingerprint density at radius 1 is 0.871 bits per heavy atom. The van der Waals surface area contributed by atoms with E-state index in [1.54, 1.807) is 11.9 Å². The lowest BCUT2D eigenvalue weighted by molar-refractivity contribution is 0.102. The van der Waals surface area contributed by atoms with E-state index >= 15 is 0 Å². The van der Waals surface area contributed by atoms with Gasteiger partial charge in [0.25, 0.3) is 5.91 Å². The Hall–Kier alpha value is -4.19. The number of hydrogen-bond donors (Lipinski definition) is 1. The molecule has 1 N–H and O–H groups in total. The molecule has 5 rings (SSSR count). The molecule has 0 atom stereocenters. The molecule has 0 aliphatic carbocycles. The zero-order chi connectivity index (χ0) is 21.4. The summed E-state index contributed by atoms with van der Waals surface area (Å²) in [6.07, 6.45) is 0. The van der Waals surface area contributed by atoms with Crippen molar-refractivity contribution in [3.8, 4) is 11.4 Å². The third kappa shape index (κ3) is 3.59. The maximum Gasteiger partial charge on any atom is 0.259 e. The second kappa shape index (κ2) is 7.57. The lowest BCUT2D eigenvalue weighted by Gasteiger charge is -2.11. The van der Waals surface area contributed by atoms with Gasteiger partial charge in [0.1, 0.15) is 16.8 Å². The number of aromatic nitrogens is 3. The van der Waals surface area contributed by atoms with Crippen LogP contribution in [0.1, 0.15) is 15.9 Å². The summed E-state index contributed by atoms with van der Waals surface area (Å²) in [6, 6.07) is 25.1. The van der Waals surface area contributed by atoms with Gasteiger partial charge in [0.15, 0.2) is 0 Å². The molecule has 0 saturated heterocycles. The van der Waals surface area contributed by atoms with Crippen molar-refractivity contribution in [1.29, 1.82) is 0 Å². The van der Waals surface area contributed by atoms with Crippen LogP contribution >= 0.6 is 0 Å². The minimum atomic E-state index is -0.243. The topological polar surface area (TPSA) is 69.0 Å². The lowest BCUT2D eigenvalue weighted by atomic mass is 10.1. The van der Waals surface area contributed by atoms with E-state index in [9.17, 15) is 4.79 Å². The van der Waals surface area contributed by atoms with Gasteiger partial charge in [-0.15, -0.1) is 10.2 Å². The zero-order valence-electron chi connectivity index (χ0n) is 17.2. The average Bonchev–Trinajstić information content (AvgIpc) is 3.22. The fourth-order valence-electron chi connectivity index (χ4n) is 3.55. The van der Waals surface area contributed by atoms with E-state index in [0.717, 1.165) is 22.0 Å². The highest BCUT2D eigenvalue weighted by Gasteiger charge is 2.15. The van der Waals surface area contributed by atoms with Crippen molar-refractivity contribution >= 4 is 33.4 Å². The summed E-state index contributed by atoms with van der Waals surface area (Å²) < 4.78 is 5.46. The van der Waals surface area contributed by atoms with Crippen molar-refractivity contribution < 1.29 is 9.53 Å². The molecule has 1 amide bonds. The maximum absolute atomic E-state index is 13.0. The highest BCUT2D eigenvalue weighted by molar-refractivity contribution is 6.09. The Morgan fingerprint density at radius 3 is 2.32 bits per heavy atom. The van der Waals surface area contributed by atoms with Crippen LogP contribution in [0, 0.1) is 6.92 Å². The highest BCUT2D eigenvalue weighted by Crippen LogP contribution is 2.27. The van der Waals surface area contributed by atoms with Gasteiger partial charge in [0, 0.05) is 5.69 Å². The molecule has 6 nitrogen and oxygen atoms in total. The molecule has 5 aromatic rings. The molecule has 1 heterocycles. The van der Waals surface area contributed by atoms with Crippen molar-refractivity contribution in [2.45, 2.75) is 6.92 Å². The van der Waals surface area contributed by atoms with Crippen molar-refractivity contribution in [3.05, 3.63) is 90.0 Å². The number of anilines is 1. The number of methoxy groups -OCH3 is 1. The first-order valence-electron chi connectivity index (χ1n) is 9.93. The average molecular weight is 408 g/mol. The van der Waals surface area contributed by atoms with Gasteiger partial charge in [-0.1, -0.05) is 42.0 Å². The van der Waals surface area contributed by atoms with E-state index in [1.165, 1.54) is 5.56 Å². The third-order valence-electron chi connectivity index (χ3n) is 5.22. The van der Waals surface area contributed by atoms with Crippen LogP contribution in [0.3, 0.4) is 0 Å². The zero-order valence-corrected chi connectivity index (χ0v) is 17.2. The number of carbonyl (C=O) groups excluding carboxylic acids is 1. The van der Waals surface area contributed by atoms with Crippen molar-refractivity contribution in [1.82, 2.24) is 15.0 Å². The van der Waals surface area contributed by atoms with Crippen LogP contribution in [0.2, 0.25) is 0 Å². The van der Waals surface area contributed by atoms with E-state index < -0.39 is 0 Å².